The van der Waals surface area contributed by atoms with E-state index in [4.69, 9.17) is 5.11 Å². The molecule has 1 saturated carbocycles. The van der Waals surface area contributed by atoms with E-state index in [2.05, 4.69) is 28.1 Å². The summed E-state index contributed by atoms with van der Waals surface area (Å²) in [7, 11) is 0. The first kappa shape index (κ1) is 15.0. The van der Waals surface area contributed by atoms with Crippen LogP contribution in [0.5, 0.6) is 0 Å². The van der Waals surface area contributed by atoms with Crippen molar-refractivity contribution in [3.63, 3.8) is 0 Å². The molecule has 1 aliphatic carbocycles. The molecule has 2 unspecified atom stereocenters. The molecule has 0 saturated heterocycles. The average Bonchev–Trinajstić information content (AvgIpc) is 3.00. The minimum absolute atomic E-state index is 0.0494. The number of halogens is 1. The maximum absolute atomic E-state index is 12.3. The predicted octanol–water partition coefficient (Wildman–Crippen LogP) is 3.82. The van der Waals surface area contributed by atoms with Gasteiger partial charge in [-0.3, -0.25) is 4.79 Å². The van der Waals surface area contributed by atoms with E-state index in [1.807, 2.05) is 18.2 Å². The van der Waals surface area contributed by atoms with E-state index >= 15 is 0 Å². The summed E-state index contributed by atoms with van der Waals surface area (Å²) in [6, 6.07) is 11.7. The molecule has 1 aromatic carbocycles. The summed E-state index contributed by atoms with van der Waals surface area (Å²) in [5.74, 6) is -0.600. The van der Waals surface area contributed by atoms with Crippen molar-refractivity contribution in [2.24, 2.45) is 0 Å². The zero-order chi connectivity index (χ0) is 15.7. The molecule has 22 heavy (non-hydrogen) atoms. The monoisotopic (exact) mass is 361 g/mol. The molecule has 114 valence electrons. The van der Waals surface area contributed by atoms with Gasteiger partial charge in [-0.05, 0) is 52.7 Å². The largest absolute Gasteiger partial charge is 0.478 e. The minimum atomic E-state index is -1.02. The smallest absolute Gasteiger partial charge is 0.337 e. The van der Waals surface area contributed by atoms with Gasteiger partial charge in [-0.25, -0.2) is 4.79 Å². The third-order valence-electron chi connectivity index (χ3n) is 4.32. The molecular formula is C17H16BrNO3. The van der Waals surface area contributed by atoms with Crippen molar-refractivity contribution in [3.8, 4) is 0 Å². The lowest BCUT2D eigenvalue weighted by atomic mass is 9.97. The second-order valence-electron chi connectivity index (χ2n) is 5.67. The fourth-order valence-corrected chi connectivity index (χ4v) is 3.65. The molecule has 1 fully saturated rings. The summed E-state index contributed by atoms with van der Waals surface area (Å²) in [4.78, 5) is 23.5. The van der Waals surface area contributed by atoms with Gasteiger partial charge in [0.25, 0.3) is 5.56 Å². The van der Waals surface area contributed by atoms with Gasteiger partial charge in [0.1, 0.15) is 0 Å². The predicted molar refractivity (Wildman–Crippen MR) is 87.4 cm³/mol. The van der Waals surface area contributed by atoms with Gasteiger partial charge in [0, 0.05) is 12.2 Å². The average molecular weight is 362 g/mol. The summed E-state index contributed by atoms with van der Waals surface area (Å²) in [6.07, 6.45) is 4.22. The zero-order valence-corrected chi connectivity index (χ0v) is 13.5. The number of aromatic carboxylic acids is 1. The first-order valence-electron chi connectivity index (χ1n) is 7.26. The molecule has 1 aromatic heterocycles. The van der Waals surface area contributed by atoms with Crippen LogP contribution in [0.3, 0.4) is 0 Å². The molecule has 1 N–H and O–H groups in total. The fraction of sp³-hybridized carbons (Fsp3) is 0.294. The molecule has 0 aliphatic heterocycles. The number of aromatic nitrogens is 1. The lowest BCUT2D eigenvalue weighted by Gasteiger charge is -2.16. The number of benzene rings is 1. The summed E-state index contributed by atoms with van der Waals surface area (Å²) < 4.78 is 1.88. The molecule has 5 heteroatoms. The Labute approximate surface area is 136 Å². The van der Waals surface area contributed by atoms with Crippen LogP contribution in [-0.2, 0) is 0 Å². The number of hydrogen-bond donors (Lipinski definition) is 1. The second kappa shape index (κ2) is 6.08. The summed E-state index contributed by atoms with van der Waals surface area (Å²) in [6.45, 7) is 0. The molecule has 4 nitrogen and oxygen atoms in total. The zero-order valence-electron chi connectivity index (χ0n) is 11.9. The van der Waals surface area contributed by atoms with Crippen LogP contribution in [0, 0.1) is 0 Å². The van der Waals surface area contributed by atoms with Crippen LogP contribution >= 0.6 is 15.9 Å². The van der Waals surface area contributed by atoms with Crippen LogP contribution < -0.4 is 5.56 Å². The quantitative estimate of drug-likeness (QED) is 0.903. The number of rotatable bonds is 3. The van der Waals surface area contributed by atoms with E-state index in [0.717, 1.165) is 19.3 Å². The minimum Gasteiger partial charge on any atom is -0.478 e. The van der Waals surface area contributed by atoms with Gasteiger partial charge >= 0.3 is 5.97 Å². The van der Waals surface area contributed by atoms with Crippen LogP contribution in [-0.4, -0.2) is 15.6 Å². The maximum Gasteiger partial charge on any atom is 0.337 e. The Morgan fingerprint density at radius 1 is 1.23 bits per heavy atom. The summed E-state index contributed by atoms with van der Waals surface area (Å²) in [5, 5.41) is 9.16. The highest BCUT2D eigenvalue weighted by Gasteiger charge is 2.28. The number of carboxylic acids is 1. The normalized spacial score (nSPS) is 21.0. The Bertz CT molecular complexity index is 754. The van der Waals surface area contributed by atoms with E-state index in [1.54, 1.807) is 4.57 Å². The highest BCUT2D eigenvalue weighted by molar-refractivity contribution is 9.10. The van der Waals surface area contributed by atoms with E-state index in [0.29, 0.717) is 10.4 Å². The van der Waals surface area contributed by atoms with E-state index in [9.17, 15) is 9.59 Å². The van der Waals surface area contributed by atoms with Crippen molar-refractivity contribution < 1.29 is 9.90 Å². The molecule has 0 radical (unpaired) electrons. The molecule has 0 amide bonds. The van der Waals surface area contributed by atoms with Crippen LogP contribution in [0.15, 0.2) is 51.9 Å². The molecule has 3 rings (SSSR count). The molecule has 2 aromatic rings. The Morgan fingerprint density at radius 2 is 1.95 bits per heavy atom. The third-order valence-corrected chi connectivity index (χ3v) is 4.88. The van der Waals surface area contributed by atoms with Crippen molar-refractivity contribution >= 4 is 21.9 Å². The van der Waals surface area contributed by atoms with Gasteiger partial charge in [-0.2, -0.15) is 0 Å². The Kier molecular flexibility index (Phi) is 4.16. The lowest BCUT2D eigenvalue weighted by Crippen LogP contribution is -2.25. The Balaban J connectivity index is 1.90. The van der Waals surface area contributed by atoms with Crippen molar-refractivity contribution in [1.82, 2.24) is 4.57 Å². The number of hydrogen-bond acceptors (Lipinski definition) is 2. The standard InChI is InChI=1S/C17H16BrNO3/c18-15-9-13(17(21)22)10-19(16(15)20)14-7-6-12(8-14)11-4-2-1-3-5-11/h1-5,9-10,12,14H,6-8H2,(H,21,22). The number of carbonyl (C=O) groups is 1. The van der Waals surface area contributed by atoms with Crippen molar-refractivity contribution in [3.05, 3.63) is 68.5 Å². The van der Waals surface area contributed by atoms with Gasteiger partial charge in [-0.1, -0.05) is 30.3 Å². The van der Waals surface area contributed by atoms with Gasteiger partial charge in [0.05, 0.1) is 10.0 Å². The summed E-state index contributed by atoms with van der Waals surface area (Å²) in [5.41, 5.74) is 1.25. The highest BCUT2D eigenvalue weighted by Crippen LogP contribution is 2.40. The van der Waals surface area contributed by atoms with Gasteiger partial charge in [-0.15, -0.1) is 0 Å². The van der Waals surface area contributed by atoms with Gasteiger partial charge in [0.15, 0.2) is 0 Å². The molecule has 0 spiro atoms. The van der Waals surface area contributed by atoms with Gasteiger partial charge in [0.2, 0.25) is 0 Å². The van der Waals surface area contributed by atoms with E-state index in [1.165, 1.54) is 17.8 Å². The van der Waals surface area contributed by atoms with Crippen LogP contribution in [0.2, 0.25) is 0 Å². The molecule has 1 aliphatic rings. The molecule has 2 atom stereocenters. The second-order valence-corrected chi connectivity index (χ2v) is 6.52. The van der Waals surface area contributed by atoms with Crippen molar-refractivity contribution in [1.29, 1.82) is 0 Å². The first-order chi connectivity index (χ1) is 10.6. The highest BCUT2D eigenvalue weighted by atomic mass is 79.9. The molecular weight excluding hydrogens is 346 g/mol. The number of carboxylic acid groups (broad SMARTS) is 1. The SMILES string of the molecule is O=C(O)c1cc(Br)c(=O)n(C2CCC(c3ccccc3)C2)c1. The first-order valence-corrected chi connectivity index (χ1v) is 8.05. The number of pyridine rings is 1. The Morgan fingerprint density at radius 3 is 2.64 bits per heavy atom. The van der Waals surface area contributed by atoms with E-state index in [-0.39, 0.29) is 17.2 Å². The fourth-order valence-electron chi connectivity index (χ4n) is 3.19. The van der Waals surface area contributed by atoms with Crippen LogP contribution in [0.4, 0.5) is 0 Å². The summed E-state index contributed by atoms with van der Waals surface area (Å²) >= 11 is 3.18. The Hall–Kier alpha value is -1.88. The third kappa shape index (κ3) is 2.86. The number of nitrogens with zero attached hydrogens (tertiary/aromatic N) is 1. The topological polar surface area (TPSA) is 59.3 Å². The molecule has 0 bridgehead atoms. The van der Waals surface area contributed by atoms with E-state index < -0.39 is 5.97 Å². The molecule has 1 heterocycles. The van der Waals surface area contributed by atoms with Crippen LogP contribution in [0.25, 0.3) is 0 Å². The maximum atomic E-state index is 12.3. The van der Waals surface area contributed by atoms with Crippen LogP contribution in [0.1, 0.15) is 47.1 Å². The van der Waals surface area contributed by atoms with Gasteiger partial charge < -0.3 is 9.67 Å². The van der Waals surface area contributed by atoms with Crippen molar-refractivity contribution in [2.45, 2.75) is 31.2 Å². The van der Waals surface area contributed by atoms with Crippen molar-refractivity contribution in [2.75, 3.05) is 0 Å². The lowest BCUT2D eigenvalue weighted by molar-refractivity contribution is 0.0695.